The molecule has 31 heavy (non-hydrogen) atoms. The van der Waals surface area contributed by atoms with Gasteiger partial charge in [0.15, 0.2) is 0 Å². The summed E-state index contributed by atoms with van der Waals surface area (Å²) in [6, 6.07) is 34.4. The van der Waals surface area contributed by atoms with Crippen LogP contribution < -0.4 is 4.90 Å². The van der Waals surface area contributed by atoms with Crippen molar-refractivity contribution < 1.29 is 0 Å². The van der Waals surface area contributed by atoms with E-state index in [0.717, 1.165) is 24.1 Å². The third kappa shape index (κ3) is 3.60. The number of nitrogens with zero attached hydrogens (tertiary/aromatic N) is 2. The lowest BCUT2D eigenvalue weighted by Gasteiger charge is -2.31. The predicted octanol–water partition coefficient (Wildman–Crippen LogP) is 7.49. The highest BCUT2D eigenvalue weighted by Gasteiger charge is 2.20. The van der Waals surface area contributed by atoms with Crippen molar-refractivity contribution >= 4 is 17.1 Å². The van der Waals surface area contributed by atoms with Gasteiger partial charge in [0, 0.05) is 17.1 Å². The Bertz CT molecular complexity index is 1230. The number of rotatable bonds is 2. The fourth-order valence-electron chi connectivity index (χ4n) is 4.61. The number of anilines is 3. The van der Waals surface area contributed by atoms with Crippen LogP contribution in [0.5, 0.6) is 0 Å². The van der Waals surface area contributed by atoms with Gasteiger partial charge in [-0.1, -0.05) is 54.6 Å². The van der Waals surface area contributed by atoms with Crippen LogP contribution in [-0.2, 0) is 12.8 Å². The van der Waals surface area contributed by atoms with Crippen LogP contribution in [0.2, 0.25) is 0 Å². The molecule has 0 amide bonds. The van der Waals surface area contributed by atoms with Gasteiger partial charge in [-0.3, -0.25) is 0 Å². The summed E-state index contributed by atoms with van der Waals surface area (Å²) in [4.78, 5) is 2.40. The molecule has 2 heteroatoms. The maximum atomic E-state index is 9.15. The molecule has 1 heterocycles. The first-order valence-electron chi connectivity index (χ1n) is 10.8. The zero-order valence-corrected chi connectivity index (χ0v) is 17.7. The van der Waals surface area contributed by atoms with Crippen molar-refractivity contribution in [2.24, 2.45) is 0 Å². The number of para-hydroxylation sites is 2. The molecule has 0 saturated heterocycles. The minimum atomic E-state index is 0.701. The quantitative estimate of drug-likeness (QED) is 0.348. The fourth-order valence-corrected chi connectivity index (χ4v) is 4.61. The van der Waals surface area contributed by atoms with Gasteiger partial charge in [0.25, 0.3) is 0 Å². The predicted molar refractivity (Wildman–Crippen MR) is 128 cm³/mol. The van der Waals surface area contributed by atoms with Crippen LogP contribution >= 0.6 is 0 Å². The Morgan fingerprint density at radius 2 is 1.35 bits per heavy atom. The minimum Gasteiger partial charge on any atom is -0.310 e. The minimum absolute atomic E-state index is 0.701. The lowest BCUT2D eigenvalue weighted by molar-refractivity contribution is 0.810. The summed E-state index contributed by atoms with van der Waals surface area (Å²) >= 11 is 0. The van der Waals surface area contributed by atoms with E-state index in [4.69, 9.17) is 5.26 Å². The molecule has 5 rings (SSSR count). The van der Waals surface area contributed by atoms with Crippen molar-refractivity contribution in [1.29, 1.82) is 5.26 Å². The van der Waals surface area contributed by atoms with Crippen LogP contribution in [0.1, 0.15) is 28.7 Å². The van der Waals surface area contributed by atoms with Crippen LogP contribution in [0.25, 0.3) is 11.1 Å². The van der Waals surface area contributed by atoms with Crippen molar-refractivity contribution in [3.63, 3.8) is 0 Å². The van der Waals surface area contributed by atoms with E-state index in [0.29, 0.717) is 5.56 Å². The van der Waals surface area contributed by atoms with Gasteiger partial charge < -0.3 is 4.90 Å². The average molecular weight is 401 g/mol. The molecule has 0 fully saturated rings. The molecule has 0 radical (unpaired) electrons. The average Bonchev–Trinajstić information content (AvgIpc) is 2.80. The molecule has 2 nitrogen and oxygen atoms in total. The Morgan fingerprint density at radius 1 is 0.742 bits per heavy atom. The van der Waals surface area contributed by atoms with E-state index >= 15 is 0 Å². The monoisotopic (exact) mass is 400 g/mol. The van der Waals surface area contributed by atoms with Gasteiger partial charge >= 0.3 is 0 Å². The van der Waals surface area contributed by atoms with Crippen molar-refractivity contribution in [1.82, 2.24) is 0 Å². The zero-order chi connectivity index (χ0) is 21.2. The van der Waals surface area contributed by atoms with Crippen molar-refractivity contribution in [3.05, 3.63) is 113 Å². The standard InChI is InChI=1S/C29H24N2/c1-21-19-22(20-30)13-18-27(21)23-14-16-26(17-15-23)31-28-11-4-2-7-24(28)9-6-10-25-8-3-5-12-29(25)31/h2-5,7-8,11-19H,6,9-10H2,1H3. The molecule has 0 atom stereocenters. The number of fused-ring (bicyclic) bond motifs is 2. The summed E-state index contributed by atoms with van der Waals surface area (Å²) in [7, 11) is 0. The molecule has 0 saturated carbocycles. The van der Waals surface area contributed by atoms with Gasteiger partial charge in [0.2, 0.25) is 0 Å². The molecular weight excluding hydrogens is 376 g/mol. The second-order valence-corrected chi connectivity index (χ2v) is 8.13. The highest BCUT2D eigenvalue weighted by Crippen LogP contribution is 2.41. The van der Waals surface area contributed by atoms with E-state index in [2.05, 4.69) is 90.7 Å². The lowest BCUT2D eigenvalue weighted by atomic mass is 9.95. The Labute approximate surface area is 184 Å². The fraction of sp³-hybridized carbons (Fsp3) is 0.138. The molecule has 4 aromatic carbocycles. The third-order valence-corrected chi connectivity index (χ3v) is 6.15. The van der Waals surface area contributed by atoms with E-state index < -0.39 is 0 Å². The first-order chi connectivity index (χ1) is 15.2. The first kappa shape index (κ1) is 19.2. The number of hydrogen-bond acceptors (Lipinski definition) is 2. The summed E-state index contributed by atoms with van der Waals surface area (Å²) in [6.45, 7) is 2.06. The maximum absolute atomic E-state index is 9.15. The van der Waals surface area contributed by atoms with E-state index in [1.807, 2.05) is 18.2 Å². The SMILES string of the molecule is Cc1cc(C#N)ccc1-c1ccc(N2c3ccccc3CCCc3ccccc32)cc1. The molecule has 0 bridgehead atoms. The van der Waals surface area contributed by atoms with Crippen molar-refractivity contribution in [2.75, 3.05) is 4.90 Å². The van der Waals surface area contributed by atoms with E-state index in [1.54, 1.807) is 0 Å². The molecule has 0 aliphatic carbocycles. The van der Waals surface area contributed by atoms with Crippen LogP contribution in [0.4, 0.5) is 17.1 Å². The highest BCUT2D eigenvalue weighted by molar-refractivity contribution is 5.82. The smallest absolute Gasteiger partial charge is 0.0991 e. The Morgan fingerprint density at radius 3 is 1.94 bits per heavy atom. The van der Waals surface area contributed by atoms with Gasteiger partial charge in [-0.05, 0) is 90.4 Å². The molecule has 150 valence electrons. The van der Waals surface area contributed by atoms with Crippen molar-refractivity contribution in [3.8, 4) is 17.2 Å². The Hall–Kier alpha value is -3.83. The van der Waals surface area contributed by atoms with E-state index in [1.165, 1.54) is 40.0 Å². The number of aryl methyl sites for hydroxylation is 3. The molecule has 1 aliphatic rings. The third-order valence-electron chi connectivity index (χ3n) is 6.15. The molecule has 4 aromatic rings. The zero-order valence-electron chi connectivity index (χ0n) is 17.7. The molecule has 0 unspecified atom stereocenters. The van der Waals surface area contributed by atoms with E-state index in [9.17, 15) is 0 Å². The summed E-state index contributed by atoms with van der Waals surface area (Å²) in [5, 5.41) is 9.15. The number of nitriles is 1. The summed E-state index contributed by atoms with van der Waals surface area (Å²) in [6.07, 6.45) is 3.34. The Kier molecular flexibility index (Phi) is 5.02. The van der Waals surface area contributed by atoms with Gasteiger partial charge in [0.05, 0.1) is 11.6 Å². The van der Waals surface area contributed by atoms with Crippen LogP contribution in [0.3, 0.4) is 0 Å². The van der Waals surface area contributed by atoms with Crippen molar-refractivity contribution in [2.45, 2.75) is 26.2 Å². The van der Waals surface area contributed by atoms with Crippen LogP contribution in [0.15, 0.2) is 91.0 Å². The lowest BCUT2D eigenvalue weighted by Crippen LogP contribution is -2.16. The first-order valence-corrected chi connectivity index (χ1v) is 10.8. The number of benzene rings is 4. The second-order valence-electron chi connectivity index (χ2n) is 8.13. The summed E-state index contributed by atoms with van der Waals surface area (Å²) in [5.41, 5.74) is 10.6. The maximum Gasteiger partial charge on any atom is 0.0991 e. The molecule has 1 aliphatic heterocycles. The van der Waals surface area contributed by atoms with Gasteiger partial charge in [-0.2, -0.15) is 5.26 Å². The van der Waals surface area contributed by atoms with Gasteiger partial charge in [0.1, 0.15) is 0 Å². The van der Waals surface area contributed by atoms with E-state index in [-0.39, 0.29) is 0 Å². The summed E-state index contributed by atoms with van der Waals surface area (Å²) in [5.74, 6) is 0. The largest absolute Gasteiger partial charge is 0.310 e. The van der Waals surface area contributed by atoms with Gasteiger partial charge in [-0.15, -0.1) is 0 Å². The highest BCUT2D eigenvalue weighted by atomic mass is 15.1. The summed E-state index contributed by atoms with van der Waals surface area (Å²) < 4.78 is 0. The normalized spacial score (nSPS) is 12.8. The van der Waals surface area contributed by atoms with Gasteiger partial charge in [-0.25, -0.2) is 0 Å². The molecule has 0 N–H and O–H groups in total. The number of hydrogen-bond donors (Lipinski definition) is 0. The Balaban J connectivity index is 1.61. The molecule has 0 aromatic heterocycles. The molecule has 0 spiro atoms. The van der Waals surface area contributed by atoms with Crippen LogP contribution in [0, 0.1) is 18.3 Å². The second kappa shape index (κ2) is 8.13. The topological polar surface area (TPSA) is 27.0 Å². The van der Waals surface area contributed by atoms with Crippen LogP contribution in [-0.4, -0.2) is 0 Å². The molecular formula is C29H24N2.